The molecule has 1 aliphatic heterocycles. The molecule has 1 aliphatic rings. The van der Waals surface area contributed by atoms with Crippen LogP contribution in [0.5, 0.6) is 0 Å². The number of rotatable bonds is 4. The van der Waals surface area contributed by atoms with Crippen LogP contribution >= 0.6 is 0 Å². The summed E-state index contributed by atoms with van der Waals surface area (Å²) in [6.07, 6.45) is 3.86. The van der Waals surface area contributed by atoms with Crippen molar-refractivity contribution in [2.75, 3.05) is 22.5 Å². The molecule has 1 amide bonds. The Morgan fingerprint density at radius 2 is 1.88 bits per heavy atom. The molecule has 0 spiro atoms. The van der Waals surface area contributed by atoms with Gasteiger partial charge >= 0.3 is 0 Å². The maximum atomic E-state index is 13.5. The smallest absolute Gasteiger partial charge is 0.299 e. The lowest BCUT2D eigenvalue weighted by Gasteiger charge is -2.35. The number of nitrogens with two attached hydrogens (primary N) is 1. The fourth-order valence-corrected chi connectivity index (χ4v) is 4.54. The topological polar surface area (TPSA) is 146 Å². The lowest BCUT2D eigenvalue weighted by molar-refractivity contribution is -0.114. The number of nitrogen functional groups attached to an aromatic ring is 1. The van der Waals surface area contributed by atoms with Gasteiger partial charge in [-0.2, -0.15) is 15.1 Å². The minimum absolute atomic E-state index is 0.109. The number of carbonyl (C=O) groups excluding carboxylic acids is 2. The van der Waals surface area contributed by atoms with Crippen LogP contribution in [0, 0.1) is 0 Å². The van der Waals surface area contributed by atoms with E-state index in [0.717, 1.165) is 22.2 Å². The third-order valence-electron chi connectivity index (χ3n) is 6.09. The first-order chi connectivity index (χ1) is 16.6. The Balaban J connectivity index is 1.34. The molecule has 34 heavy (non-hydrogen) atoms. The quantitative estimate of drug-likeness (QED) is 0.242. The summed E-state index contributed by atoms with van der Waals surface area (Å²) in [5.74, 6) is -0.510. The highest BCUT2D eigenvalue weighted by molar-refractivity contribution is 6.49. The Morgan fingerprint density at radius 3 is 2.79 bits per heavy atom. The molecule has 1 atom stereocenters. The van der Waals surface area contributed by atoms with Gasteiger partial charge in [0.1, 0.15) is 5.82 Å². The van der Waals surface area contributed by atoms with Crippen molar-refractivity contribution in [1.82, 2.24) is 25.1 Å². The number of aromatic nitrogens is 5. The zero-order valence-corrected chi connectivity index (χ0v) is 17.9. The number of benzene rings is 2. The van der Waals surface area contributed by atoms with E-state index < -0.39 is 11.7 Å². The van der Waals surface area contributed by atoms with Gasteiger partial charge in [-0.25, -0.2) is 0 Å². The third kappa shape index (κ3) is 3.24. The van der Waals surface area contributed by atoms with Crippen molar-refractivity contribution in [1.29, 1.82) is 0 Å². The van der Waals surface area contributed by atoms with Crippen LogP contribution in [-0.2, 0) is 11.2 Å². The maximum absolute atomic E-state index is 13.5. The first kappa shape index (κ1) is 19.9. The Hall–Kier alpha value is -4.73. The highest BCUT2D eigenvalue weighted by Gasteiger charge is 2.33. The van der Waals surface area contributed by atoms with Gasteiger partial charge in [0.2, 0.25) is 5.95 Å². The molecule has 2 aromatic carbocycles. The molecule has 168 valence electrons. The van der Waals surface area contributed by atoms with E-state index >= 15 is 0 Å². The fraction of sp³-hybridized carbons (Fsp3) is 0.125. The number of ketones is 1. The van der Waals surface area contributed by atoms with Crippen LogP contribution in [0.3, 0.4) is 0 Å². The van der Waals surface area contributed by atoms with Crippen LogP contribution in [0.15, 0.2) is 60.9 Å². The number of fused-ring (bicyclic) bond motifs is 3. The number of aromatic amines is 2. The summed E-state index contributed by atoms with van der Waals surface area (Å²) in [4.78, 5) is 39.9. The predicted octanol–water partition coefficient (Wildman–Crippen LogP) is 2.67. The van der Waals surface area contributed by atoms with Crippen LogP contribution in [0.25, 0.3) is 21.9 Å². The Morgan fingerprint density at radius 1 is 1.06 bits per heavy atom. The monoisotopic (exact) mass is 452 g/mol. The van der Waals surface area contributed by atoms with E-state index in [4.69, 9.17) is 5.73 Å². The lowest BCUT2D eigenvalue weighted by Crippen LogP contribution is -2.48. The molecule has 3 aromatic heterocycles. The van der Waals surface area contributed by atoms with Crippen molar-refractivity contribution >= 4 is 51.1 Å². The number of hydrogen-bond acceptors (Lipinski definition) is 7. The first-order valence-electron chi connectivity index (χ1n) is 10.8. The van der Waals surface area contributed by atoms with Gasteiger partial charge in [-0.15, -0.1) is 0 Å². The number of para-hydroxylation sites is 2. The largest absolute Gasteiger partial charge is 0.368 e. The van der Waals surface area contributed by atoms with E-state index in [0.29, 0.717) is 28.8 Å². The van der Waals surface area contributed by atoms with E-state index in [1.807, 2.05) is 48.5 Å². The first-order valence-corrected chi connectivity index (χ1v) is 10.8. The van der Waals surface area contributed by atoms with E-state index in [-0.39, 0.29) is 18.5 Å². The predicted molar refractivity (Wildman–Crippen MR) is 129 cm³/mol. The zero-order chi connectivity index (χ0) is 23.2. The van der Waals surface area contributed by atoms with E-state index in [2.05, 4.69) is 30.5 Å². The van der Waals surface area contributed by atoms with Crippen molar-refractivity contribution in [3.05, 3.63) is 72.1 Å². The summed E-state index contributed by atoms with van der Waals surface area (Å²) in [5, 5.41) is 11.6. The number of H-pyrrole nitrogens is 2. The van der Waals surface area contributed by atoms with Gasteiger partial charge in [-0.3, -0.25) is 14.7 Å². The molecular weight excluding hydrogens is 432 g/mol. The second-order valence-electron chi connectivity index (χ2n) is 8.23. The summed E-state index contributed by atoms with van der Waals surface area (Å²) in [7, 11) is 0. The summed E-state index contributed by atoms with van der Waals surface area (Å²) < 4.78 is 0. The number of Topliss-reactive ketones (excluding diaryl/α,β-unsaturated/α-hetero) is 1. The van der Waals surface area contributed by atoms with Crippen LogP contribution in [0.2, 0.25) is 0 Å². The van der Waals surface area contributed by atoms with Crippen LogP contribution in [0.1, 0.15) is 15.9 Å². The molecule has 10 nitrogen and oxygen atoms in total. The van der Waals surface area contributed by atoms with Crippen LogP contribution in [0.4, 0.5) is 17.5 Å². The fourth-order valence-electron chi connectivity index (χ4n) is 4.54. The van der Waals surface area contributed by atoms with Gasteiger partial charge in [0.05, 0.1) is 17.1 Å². The lowest BCUT2D eigenvalue weighted by atomic mass is 9.96. The van der Waals surface area contributed by atoms with Crippen molar-refractivity contribution in [3.63, 3.8) is 0 Å². The Kier molecular flexibility index (Phi) is 4.51. The van der Waals surface area contributed by atoms with Crippen molar-refractivity contribution in [2.45, 2.75) is 12.5 Å². The number of amides is 1. The third-order valence-corrected chi connectivity index (χ3v) is 6.09. The molecule has 0 saturated heterocycles. The van der Waals surface area contributed by atoms with Gasteiger partial charge in [-0.1, -0.05) is 36.4 Å². The molecule has 4 heterocycles. The van der Waals surface area contributed by atoms with E-state index in [1.54, 1.807) is 12.4 Å². The standard InChI is InChI=1S/C24H20N8O2/c25-24-29-21(17-11-27-31-22(17)30-24)28-14-9-13-5-1-4-8-19(13)32(12-14)23(34)20(33)16-10-26-18-7-3-2-6-15(16)18/h1-8,10-11,14,26H,9,12H2,(H4,25,27,28,29,30,31). The molecule has 0 fully saturated rings. The second kappa shape index (κ2) is 7.69. The molecule has 5 N–H and O–H groups in total. The molecule has 0 saturated carbocycles. The summed E-state index contributed by atoms with van der Waals surface area (Å²) in [6.45, 7) is 0.285. The van der Waals surface area contributed by atoms with Gasteiger partial charge < -0.3 is 20.9 Å². The molecule has 0 bridgehead atoms. The molecule has 1 unspecified atom stereocenters. The summed E-state index contributed by atoms with van der Waals surface area (Å²) in [6, 6.07) is 14.8. The van der Waals surface area contributed by atoms with E-state index in [9.17, 15) is 9.59 Å². The second-order valence-corrected chi connectivity index (χ2v) is 8.23. The Labute approximate surface area is 193 Å². The molecule has 0 aliphatic carbocycles. The van der Waals surface area contributed by atoms with E-state index in [1.165, 1.54) is 4.90 Å². The van der Waals surface area contributed by atoms with Crippen molar-refractivity contribution in [3.8, 4) is 0 Å². The van der Waals surface area contributed by atoms with Gasteiger partial charge in [0.25, 0.3) is 11.7 Å². The summed E-state index contributed by atoms with van der Waals surface area (Å²) in [5.41, 5.74) is 9.23. The molecule has 0 radical (unpaired) electrons. The maximum Gasteiger partial charge on any atom is 0.299 e. The average molecular weight is 452 g/mol. The normalized spacial score (nSPS) is 15.4. The van der Waals surface area contributed by atoms with Crippen LogP contribution in [-0.4, -0.2) is 49.4 Å². The van der Waals surface area contributed by atoms with Gasteiger partial charge in [0.15, 0.2) is 5.65 Å². The number of nitrogens with zero attached hydrogens (tertiary/aromatic N) is 4. The average Bonchev–Trinajstić information content (AvgIpc) is 3.50. The minimum atomic E-state index is -0.584. The molecule has 10 heteroatoms. The van der Waals surface area contributed by atoms with Gasteiger partial charge in [0, 0.05) is 35.4 Å². The zero-order valence-electron chi connectivity index (χ0n) is 17.9. The minimum Gasteiger partial charge on any atom is -0.368 e. The van der Waals surface area contributed by atoms with Crippen molar-refractivity contribution < 1.29 is 9.59 Å². The SMILES string of the molecule is Nc1nc(NC2Cc3ccccc3N(C(=O)C(=O)c3c[nH]c4ccccc34)C2)c2cn[nH]c2n1. The molecule has 6 rings (SSSR count). The summed E-state index contributed by atoms with van der Waals surface area (Å²) >= 11 is 0. The number of anilines is 3. The van der Waals surface area contributed by atoms with Gasteiger partial charge in [-0.05, 0) is 24.1 Å². The number of carbonyl (C=O) groups is 2. The Bertz CT molecular complexity index is 1570. The highest BCUT2D eigenvalue weighted by Crippen LogP contribution is 2.30. The number of hydrogen-bond donors (Lipinski definition) is 4. The van der Waals surface area contributed by atoms with Crippen molar-refractivity contribution in [2.24, 2.45) is 0 Å². The highest BCUT2D eigenvalue weighted by atomic mass is 16.2. The van der Waals surface area contributed by atoms with Crippen LogP contribution < -0.4 is 16.0 Å². The number of nitrogens with one attached hydrogen (secondary N) is 3. The molecule has 5 aromatic rings. The molecular formula is C24H20N8O2.